The van der Waals surface area contributed by atoms with E-state index in [0.717, 1.165) is 12.8 Å². The lowest BCUT2D eigenvalue weighted by atomic mass is 10.1. The second kappa shape index (κ2) is 10.2. The number of hydrogen-bond donors (Lipinski definition) is 2. The third-order valence-electron chi connectivity index (χ3n) is 4.59. The minimum absolute atomic E-state index is 0.0235. The molecule has 9 heteroatoms. The summed E-state index contributed by atoms with van der Waals surface area (Å²) in [6.45, 7) is 4.57. The van der Waals surface area contributed by atoms with Gasteiger partial charge in [-0.05, 0) is 31.0 Å². The molecule has 0 atom stereocenters. The molecule has 8 nitrogen and oxygen atoms in total. The van der Waals surface area contributed by atoms with E-state index in [9.17, 15) is 14.4 Å². The highest BCUT2D eigenvalue weighted by Gasteiger charge is 2.27. The van der Waals surface area contributed by atoms with Crippen LogP contribution >= 0.6 is 11.6 Å². The molecule has 0 spiro atoms. The summed E-state index contributed by atoms with van der Waals surface area (Å²) in [6, 6.07) is 4.65. The second-order valence-electron chi connectivity index (χ2n) is 6.65. The molecule has 0 aliphatic rings. The van der Waals surface area contributed by atoms with Gasteiger partial charge in [0, 0.05) is 18.1 Å². The Morgan fingerprint density at radius 2 is 1.93 bits per heavy atom. The van der Waals surface area contributed by atoms with E-state index >= 15 is 0 Å². The van der Waals surface area contributed by atoms with Crippen LogP contribution in [0.15, 0.2) is 27.8 Å². The van der Waals surface area contributed by atoms with Crippen LogP contribution < -0.4 is 26.6 Å². The van der Waals surface area contributed by atoms with Crippen LogP contribution in [0.4, 0.5) is 11.5 Å². The Balaban J connectivity index is 2.63. The molecular formula is C20H27ClN4O4. The van der Waals surface area contributed by atoms with Crippen molar-refractivity contribution in [3.63, 3.8) is 0 Å². The highest BCUT2D eigenvalue weighted by atomic mass is 35.5. The van der Waals surface area contributed by atoms with Gasteiger partial charge in [0.15, 0.2) is 5.69 Å². The van der Waals surface area contributed by atoms with E-state index in [2.05, 4.69) is 4.98 Å². The molecule has 2 rings (SSSR count). The highest BCUT2D eigenvalue weighted by molar-refractivity contribution is 6.31. The molecular weight excluding hydrogens is 396 g/mol. The molecule has 0 saturated heterocycles. The van der Waals surface area contributed by atoms with Crippen LogP contribution in [0.1, 0.15) is 49.9 Å². The Morgan fingerprint density at radius 1 is 1.24 bits per heavy atom. The maximum Gasteiger partial charge on any atom is 0.330 e. The lowest BCUT2D eigenvalue weighted by Crippen LogP contribution is -2.41. The van der Waals surface area contributed by atoms with Gasteiger partial charge in [-0.3, -0.25) is 19.1 Å². The molecule has 2 aromatic rings. The SMILES string of the molecule is CCCCN(C(=O)c1ccc(Cl)cc1OC)c1c(N)n(CCCC)c(=O)[nH]c1=O. The smallest absolute Gasteiger partial charge is 0.330 e. The number of H-pyrrole nitrogens is 1. The first-order chi connectivity index (χ1) is 13.8. The van der Waals surface area contributed by atoms with E-state index in [1.165, 1.54) is 22.6 Å². The number of anilines is 2. The van der Waals surface area contributed by atoms with Gasteiger partial charge in [-0.25, -0.2) is 4.79 Å². The Morgan fingerprint density at radius 3 is 2.55 bits per heavy atom. The quantitative estimate of drug-likeness (QED) is 0.645. The number of carbonyl (C=O) groups is 1. The average Bonchev–Trinajstić information content (AvgIpc) is 2.69. The monoisotopic (exact) mass is 422 g/mol. The van der Waals surface area contributed by atoms with E-state index in [4.69, 9.17) is 22.1 Å². The number of benzene rings is 1. The van der Waals surface area contributed by atoms with Crippen molar-refractivity contribution >= 4 is 29.0 Å². The van der Waals surface area contributed by atoms with E-state index in [1.54, 1.807) is 12.1 Å². The number of unbranched alkanes of at least 4 members (excludes halogenated alkanes) is 2. The molecule has 29 heavy (non-hydrogen) atoms. The molecule has 0 aliphatic heterocycles. The van der Waals surface area contributed by atoms with Crippen molar-refractivity contribution in [3.8, 4) is 5.75 Å². The number of methoxy groups -OCH3 is 1. The standard InChI is InChI=1S/C20H27ClN4O4/c1-4-6-10-24(19(27)14-9-8-13(21)12-15(14)29-3)16-17(22)25(11-7-5-2)20(28)23-18(16)26/h8-9,12H,4-7,10-11,22H2,1-3H3,(H,23,26,28). The first kappa shape index (κ1) is 22.5. The van der Waals surface area contributed by atoms with Gasteiger partial charge in [0.2, 0.25) is 0 Å². The first-order valence-corrected chi connectivity index (χ1v) is 10.0. The van der Waals surface area contributed by atoms with Crippen molar-refractivity contribution in [1.29, 1.82) is 0 Å². The fourth-order valence-electron chi connectivity index (χ4n) is 2.99. The Kier molecular flexibility index (Phi) is 7.90. The van der Waals surface area contributed by atoms with E-state index in [1.807, 2.05) is 13.8 Å². The van der Waals surface area contributed by atoms with Gasteiger partial charge in [0.1, 0.15) is 11.6 Å². The van der Waals surface area contributed by atoms with Crippen LogP contribution in [-0.2, 0) is 6.54 Å². The maximum atomic E-state index is 13.4. The van der Waals surface area contributed by atoms with Gasteiger partial charge >= 0.3 is 5.69 Å². The molecule has 0 bridgehead atoms. The molecule has 0 fully saturated rings. The normalized spacial score (nSPS) is 10.8. The molecule has 0 radical (unpaired) electrons. The predicted octanol–water partition coefficient (Wildman–Crippen LogP) is 3.03. The topological polar surface area (TPSA) is 110 Å². The summed E-state index contributed by atoms with van der Waals surface area (Å²) in [6.07, 6.45) is 3.01. The third kappa shape index (κ3) is 5.00. The molecule has 1 amide bonds. The molecule has 1 aromatic heterocycles. The van der Waals surface area contributed by atoms with Crippen LogP contribution in [0.25, 0.3) is 0 Å². The summed E-state index contributed by atoms with van der Waals surface area (Å²) in [5, 5.41) is 0.420. The number of nitrogens with zero attached hydrogens (tertiary/aromatic N) is 2. The summed E-state index contributed by atoms with van der Waals surface area (Å²) in [5.74, 6) is -0.187. The number of carbonyl (C=O) groups excluding carboxylic acids is 1. The van der Waals surface area contributed by atoms with Crippen LogP contribution in [0.2, 0.25) is 5.02 Å². The second-order valence-corrected chi connectivity index (χ2v) is 7.09. The summed E-state index contributed by atoms with van der Waals surface area (Å²) >= 11 is 6.00. The fourth-order valence-corrected chi connectivity index (χ4v) is 3.16. The highest BCUT2D eigenvalue weighted by Crippen LogP contribution is 2.27. The number of nitrogens with one attached hydrogen (secondary N) is 1. The number of nitrogens with two attached hydrogens (primary N) is 1. The summed E-state index contributed by atoms with van der Waals surface area (Å²) in [5.41, 5.74) is 5.14. The third-order valence-corrected chi connectivity index (χ3v) is 4.83. The molecule has 0 saturated carbocycles. The number of aromatic amines is 1. The van der Waals surface area contributed by atoms with Crippen LogP contribution in [-0.4, -0.2) is 29.1 Å². The van der Waals surface area contributed by atoms with Crippen molar-refractivity contribution in [1.82, 2.24) is 9.55 Å². The summed E-state index contributed by atoms with van der Waals surface area (Å²) in [4.78, 5) is 41.8. The van der Waals surface area contributed by atoms with Crippen molar-refractivity contribution in [2.24, 2.45) is 0 Å². The lowest BCUT2D eigenvalue weighted by molar-refractivity contribution is 0.0983. The minimum Gasteiger partial charge on any atom is -0.496 e. The Labute approximate surface area is 174 Å². The van der Waals surface area contributed by atoms with Gasteiger partial charge in [0.25, 0.3) is 11.5 Å². The minimum atomic E-state index is -0.697. The Bertz CT molecular complexity index is 983. The van der Waals surface area contributed by atoms with Crippen molar-refractivity contribution < 1.29 is 9.53 Å². The summed E-state index contributed by atoms with van der Waals surface area (Å²) in [7, 11) is 1.44. The number of ether oxygens (including phenoxy) is 1. The number of amides is 1. The lowest BCUT2D eigenvalue weighted by Gasteiger charge is -2.25. The molecule has 0 aliphatic carbocycles. The van der Waals surface area contributed by atoms with Gasteiger partial charge in [-0.2, -0.15) is 0 Å². The number of rotatable bonds is 9. The largest absolute Gasteiger partial charge is 0.496 e. The number of halogens is 1. The zero-order valence-corrected chi connectivity index (χ0v) is 17.7. The number of hydrogen-bond acceptors (Lipinski definition) is 5. The van der Waals surface area contributed by atoms with E-state index in [-0.39, 0.29) is 23.6 Å². The summed E-state index contributed by atoms with van der Waals surface area (Å²) < 4.78 is 6.59. The molecule has 158 valence electrons. The zero-order valence-electron chi connectivity index (χ0n) is 17.0. The number of nitrogen functional groups attached to an aromatic ring is 1. The predicted molar refractivity (Wildman–Crippen MR) is 115 cm³/mol. The molecule has 1 heterocycles. The van der Waals surface area contributed by atoms with Crippen LogP contribution in [0.3, 0.4) is 0 Å². The van der Waals surface area contributed by atoms with Gasteiger partial charge in [-0.1, -0.05) is 38.3 Å². The van der Waals surface area contributed by atoms with Gasteiger partial charge < -0.3 is 15.4 Å². The average molecular weight is 423 g/mol. The molecule has 1 aromatic carbocycles. The maximum absolute atomic E-state index is 13.4. The van der Waals surface area contributed by atoms with E-state index in [0.29, 0.717) is 30.2 Å². The number of aromatic nitrogens is 2. The van der Waals surface area contributed by atoms with Crippen LogP contribution in [0, 0.1) is 0 Å². The van der Waals surface area contributed by atoms with Gasteiger partial charge in [0.05, 0.1) is 12.7 Å². The molecule has 3 N–H and O–H groups in total. The zero-order chi connectivity index (χ0) is 21.6. The van der Waals surface area contributed by atoms with Gasteiger partial charge in [-0.15, -0.1) is 0 Å². The molecule has 0 unspecified atom stereocenters. The van der Waals surface area contributed by atoms with E-state index < -0.39 is 17.2 Å². The first-order valence-electron chi connectivity index (χ1n) is 9.63. The fraction of sp³-hybridized carbons (Fsp3) is 0.450. The van der Waals surface area contributed by atoms with Crippen LogP contribution in [0.5, 0.6) is 5.75 Å². The van der Waals surface area contributed by atoms with Crippen molar-refractivity contribution in [3.05, 3.63) is 49.6 Å². The van der Waals surface area contributed by atoms with Crippen molar-refractivity contribution in [2.75, 3.05) is 24.3 Å². The van der Waals surface area contributed by atoms with Crippen molar-refractivity contribution in [2.45, 2.75) is 46.1 Å². The Hall–Kier alpha value is -2.74.